The van der Waals surface area contributed by atoms with Gasteiger partial charge < -0.3 is 9.84 Å². The van der Waals surface area contributed by atoms with Crippen LogP contribution in [-0.2, 0) is 0 Å². The molecule has 0 spiro atoms. The number of unbranched alkanes of at least 4 members (excludes halogenated alkanes) is 1. The Labute approximate surface area is 113 Å². The summed E-state index contributed by atoms with van der Waals surface area (Å²) in [5.74, 6) is 0.814. The van der Waals surface area contributed by atoms with Gasteiger partial charge in [-0.25, -0.2) is 0 Å². The van der Waals surface area contributed by atoms with Crippen molar-refractivity contribution in [2.24, 2.45) is 5.11 Å². The van der Waals surface area contributed by atoms with Crippen LogP contribution in [0.15, 0.2) is 17.2 Å². The van der Waals surface area contributed by atoms with Gasteiger partial charge in [-0.3, -0.25) is 0 Å². The van der Waals surface area contributed by atoms with Crippen molar-refractivity contribution in [1.82, 2.24) is 0 Å². The minimum Gasteiger partial charge on any atom is -0.497 e. The van der Waals surface area contributed by atoms with Gasteiger partial charge in [-0.2, -0.15) is 0 Å². The van der Waals surface area contributed by atoms with Crippen LogP contribution in [0.2, 0.25) is 0 Å². The summed E-state index contributed by atoms with van der Waals surface area (Å²) in [5, 5.41) is 12.7. The molecule has 0 aromatic heterocycles. The lowest BCUT2D eigenvalue weighted by Crippen LogP contribution is -2.02. The SMILES string of the molecule is COc1cc(C)c(C(CCCCO)N=[N+]=[N-])c(C)c1. The minimum atomic E-state index is -0.178. The number of rotatable bonds is 7. The van der Waals surface area contributed by atoms with Crippen LogP contribution in [0.4, 0.5) is 0 Å². The molecule has 0 aliphatic heterocycles. The number of aliphatic hydroxyl groups is 1. The van der Waals surface area contributed by atoms with Gasteiger partial charge in [0.15, 0.2) is 0 Å². The zero-order valence-electron chi connectivity index (χ0n) is 11.8. The van der Waals surface area contributed by atoms with E-state index in [0.717, 1.165) is 41.7 Å². The highest BCUT2D eigenvalue weighted by atomic mass is 16.5. The summed E-state index contributed by atoms with van der Waals surface area (Å²) >= 11 is 0. The first-order valence-electron chi connectivity index (χ1n) is 6.44. The molecule has 0 bridgehead atoms. The topological polar surface area (TPSA) is 78.2 Å². The number of methoxy groups -OCH3 is 1. The Morgan fingerprint density at radius 2 is 1.95 bits per heavy atom. The maximum atomic E-state index is 8.84. The van der Waals surface area contributed by atoms with Crippen LogP contribution in [0, 0.1) is 13.8 Å². The van der Waals surface area contributed by atoms with E-state index in [1.54, 1.807) is 7.11 Å². The predicted molar refractivity (Wildman–Crippen MR) is 75.3 cm³/mol. The van der Waals surface area contributed by atoms with Crippen molar-refractivity contribution in [3.63, 3.8) is 0 Å². The Hall–Kier alpha value is -1.71. The monoisotopic (exact) mass is 263 g/mol. The summed E-state index contributed by atoms with van der Waals surface area (Å²) in [7, 11) is 1.64. The number of hydrogen-bond acceptors (Lipinski definition) is 3. The Kier molecular flexibility index (Phi) is 6.19. The van der Waals surface area contributed by atoms with Gasteiger partial charge in [0.05, 0.1) is 13.2 Å². The average Bonchev–Trinajstić information content (AvgIpc) is 2.38. The van der Waals surface area contributed by atoms with Gasteiger partial charge in [-0.1, -0.05) is 11.5 Å². The van der Waals surface area contributed by atoms with Crippen molar-refractivity contribution >= 4 is 0 Å². The molecule has 1 atom stereocenters. The van der Waals surface area contributed by atoms with E-state index in [-0.39, 0.29) is 12.6 Å². The Morgan fingerprint density at radius 3 is 2.42 bits per heavy atom. The van der Waals surface area contributed by atoms with Crippen LogP contribution in [0.5, 0.6) is 5.75 Å². The quantitative estimate of drug-likeness (QED) is 0.351. The molecule has 0 radical (unpaired) electrons. The third kappa shape index (κ3) is 4.16. The number of azide groups is 1. The first-order valence-corrected chi connectivity index (χ1v) is 6.44. The van der Waals surface area contributed by atoms with Crippen molar-refractivity contribution in [2.75, 3.05) is 13.7 Å². The number of hydrogen-bond donors (Lipinski definition) is 1. The fourth-order valence-corrected chi connectivity index (χ4v) is 2.35. The molecule has 5 heteroatoms. The smallest absolute Gasteiger partial charge is 0.119 e. The Morgan fingerprint density at radius 1 is 1.32 bits per heavy atom. The molecule has 0 aliphatic rings. The van der Waals surface area contributed by atoms with E-state index < -0.39 is 0 Å². The molecule has 0 heterocycles. The molecule has 1 aromatic carbocycles. The molecule has 0 aliphatic carbocycles. The standard InChI is InChI=1S/C14H21N3O2/c1-10-8-12(19-3)9-11(2)14(10)13(16-17-15)6-4-5-7-18/h8-9,13,18H,4-7H2,1-3H3. The summed E-state index contributed by atoms with van der Waals surface area (Å²) in [5.41, 5.74) is 11.9. The van der Waals surface area contributed by atoms with Crippen LogP contribution in [0.25, 0.3) is 10.4 Å². The third-order valence-corrected chi connectivity index (χ3v) is 3.21. The largest absolute Gasteiger partial charge is 0.497 e. The number of ether oxygens (including phenoxy) is 1. The normalized spacial score (nSPS) is 11.8. The van der Waals surface area contributed by atoms with Gasteiger partial charge in [-0.15, -0.1) is 0 Å². The molecule has 0 saturated heterocycles. The van der Waals surface area contributed by atoms with Crippen LogP contribution in [0.1, 0.15) is 42.0 Å². The van der Waals surface area contributed by atoms with Gasteiger partial charge in [0.2, 0.25) is 0 Å². The number of aryl methyl sites for hydroxylation is 2. The van der Waals surface area contributed by atoms with Crippen LogP contribution in [-0.4, -0.2) is 18.8 Å². The average molecular weight is 263 g/mol. The van der Waals surface area contributed by atoms with Crippen molar-refractivity contribution < 1.29 is 9.84 Å². The maximum absolute atomic E-state index is 8.84. The van der Waals surface area contributed by atoms with Gasteiger partial charge in [0.1, 0.15) is 5.75 Å². The zero-order chi connectivity index (χ0) is 14.3. The van der Waals surface area contributed by atoms with E-state index in [1.165, 1.54) is 0 Å². The molecule has 5 nitrogen and oxygen atoms in total. The van der Waals surface area contributed by atoms with Gasteiger partial charge in [0.25, 0.3) is 0 Å². The number of aliphatic hydroxyl groups excluding tert-OH is 1. The van der Waals surface area contributed by atoms with Crippen LogP contribution < -0.4 is 4.74 Å². The highest BCUT2D eigenvalue weighted by molar-refractivity contribution is 5.43. The lowest BCUT2D eigenvalue weighted by Gasteiger charge is -2.18. The van der Waals surface area contributed by atoms with Gasteiger partial charge in [0, 0.05) is 11.5 Å². The Bertz CT molecular complexity index is 445. The van der Waals surface area contributed by atoms with E-state index in [4.69, 9.17) is 15.4 Å². The lowest BCUT2D eigenvalue weighted by atomic mass is 9.93. The molecular weight excluding hydrogens is 242 g/mol. The van der Waals surface area contributed by atoms with E-state index in [9.17, 15) is 0 Å². The summed E-state index contributed by atoms with van der Waals surface area (Å²) in [6, 6.07) is 3.73. The molecule has 1 rings (SSSR count). The molecule has 0 saturated carbocycles. The first kappa shape index (κ1) is 15.3. The second kappa shape index (κ2) is 7.67. The summed E-state index contributed by atoms with van der Waals surface area (Å²) in [6.07, 6.45) is 2.31. The Balaban J connectivity index is 3.04. The summed E-state index contributed by atoms with van der Waals surface area (Å²) in [6.45, 7) is 4.16. The second-order valence-corrected chi connectivity index (χ2v) is 4.61. The zero-order valence-corrected chi connectivity index (χ0v) is 11.8. The van der Waals surface area contributed by atoms with Crippen LogP contribution >= 0.6 is 0 Å². The van der Waals surface area contributed by atoms with E-state index >= 15 is 0 Å². The van der Waals surface area contributed by atoms with Crippen molar-refractivity contribution in [2.45, 2.75) is 39.2 Å². The van der Waals surface area contributed by atoms with Gasteiger partial charge >= 0.3 is 0 Å². The van der Waals surface area contributed by atoms with Crippen LogP contribution in [0.3, 0.4) is 0 Å². The molecule has 1 unspecified atom stereocenters. The molecule has 19 heavy (non-hydrogen) atoms. The van der Waals surface area contributed by atoms with E-state index in [1.807, 2.05) is 26.0 Å². The summed E-state index contributed by atoms with van der Waals surface area (Å²) in [4.78, 5) is 2.95. The second-order valence-electron chi connectivity index (χ2n) is 4.61. The van der Waals surface area contributed by atoms with Crippen molar-refractivity contribution in [3.05, 3.63) is 39.3 Å². The highest BCUT2D eigenvalue weighted by Gasteiger charge is 2.15. The summed E-state index contributed by atoms with van der Waals surface area (Å²) < 4.78 is 5.23. The molecule has 104 valence electrons. The molecule has 0 fully saturated rings. The third-order valence-electron chi connectivity index (χ3n) is 3.21. The van der Waals surface area contributed by atoms with Crippen molar-refractivity contribution in [3.8, 4) is 5.75 Å². The lowest BCUT2D eigenvalue weighted by molar-refractivity contribution is 0.281. The molecular formula is C14H21N3O2. The molecule has 1 aromatic rings. The van der Waals surface area contributed by atoms with Crippen molar-refractivity contribution in [1.29, 1.82) is 0 Å². The highest BCUT2D eigenvalue weighted by Crippen LogP contribution is 2.32. The number of nitrogens with zero attached hydrogens (tertiary/aromatic N) is 3. The van der Waals surface area contributed by atoms with E-state index in [2.05, 4.69) is 10.0 Å². The fraction of sp³-hybridized carbons (Fsp3) is 0.571. The number of benzene rings is 1. The van der Waals surface area contributed by atoms with Gasteiger partial charge in [-0.05, 0) is 61.0 Å². The molecule has 1 N–H and O–H groups in total. The van der Waals surface area contributed by atoms with E-state index in [0.29, 0.717) is 0 Å². The predicted octanol–water partition coefficient (Wildman–Crippen LogP) is 3.83. The first-order chi connectivity index (χ1) is 9.13. The fourth-order valence-electron chi connectivity index (χ4n) is 2.35. The maximum Gasteiger partial charge on any atom is 0.119 e. The minimum absolute atomic E-state index is 0.170. The molecule has 0 amide bonds.